The van der Waals surface area contributed by atoms with Gasteiger partial charge in [-0.15, -0.1) is 5.10 Å². The van der Waals surface area contributed by atoms with Gasteiger partial charge in [0, 0.05) is 6.20 Å². The number of amides is 1. The average molecular weight is 168 g/mol. The number of hydrogen-bond acceptors (Lipinski definition) is 3. The van der Waals surface area contributed by atoms with Crippen molar-refractivity contribution in [1.82, 2.24) is 20.7 Å². The van der Waals surface area contributed by atoms with E-state index >= 15 is 0 Å². The summed E-state index contributed by atoms with van der Waals surface area (Å²) in [5.74, 6) is 0. The fourth-order valence-corrected chi connectivity index (χ4v) is 1.21. The van der Waals surface area contributed by atoms with E-state index in [-0.39, 0.29) is 0 Å². The molecule has 1 aliphatic carbocycles. The maximum Gasteiger partial charge on any atom is 0.405 e. The van der Waals surface area contributed by atoms with Gasteiger partial charge in [0.15, 0.2) is 0 Å². The lowest BCUT2D eigenvalue weighted by molar-refractivity contribution is 0.188. The second kappa shape index (κ2) is 2.20. The molecule has 6 heteroatoms. The fraction of sp³-hybridized carbons (Fsp3) is 0.500. The van der Waals surface area contributed by atoms with Gasteiger partial charge in [-0.1, -0.05) is 5.21 Å². The zero-order valence-electron chi connectivity index (χ0n) is 6.24. The molecule has 64 valence electrons. The molecular formula is C6H8N4O2. The third-order valence-electron chi connectivity index (χ3n) is 2.00. The summed E-state index contributed by atoms with van der Waals surface area (Å²) in [6.45, 7) is 0. The van der Waals surface area contributed by atoms with Gasteiger partial charge in [-0.2, -0.15) is 0 Å². The van der Waals surface area contributed by atoms with E-state index in [1.807, 2.05) is 0 Å². The molecule has 0 aromatic carbocycles. The minimum Gasteiger partial charge on any atom is -0.465 e. The van der Waals surface area contributed by atoms with Crippen LogP contribution in [0.25, 0.3) is 0 Å². The molecule has 2 rings (SSSR count). The van der Waals surface area contributed by atoms with Crippen molar-refractivity contribution in [3.63, 3.8) is 0 Å². The van der Waals surface area contributed by atoms with Crippen molar-refractivity contribution in [2.24, 2.45) is 0 Å². The van der Waals surface area contributed by atoms with Gasteiger partial charge >= 0.3 is 6.09 Å². The molecule has 0 bridgehead atoms. The van der Waals surface area contributed by atoms with Gasteiger partial charge < -0.3 is 10.4 Å². The zero-order chi connectivity index (χ0) is 8.60. The Morgan fingerprint density at radius 1 is 1.75 bits per heavy atom. The summed E-state index contributed by atoms with van der Waals surface area (Å²) in [5, 5.41) is 20.8. The van der Waals surface area contributed by atoms with Crippen molar-refractivity contribution in [2.45, 2.75) is 18.4 Å². The highest BCUT2D eigenvalue weighted by atomic mass is 16.4. The van der Waals surface area contributed by atoms with Gasteiger partial charge in [0.05, 0.1) is 5.54 Å². The zero-order valence-corrected chi connectivity index (χ0v) is 6.24. The van der Waals surface area contributed by atoms with Gasteiger partial charge in [0.2, 0.25) is 0 Å². The normalized spacial score (nSPS) is 18.7. The lowest BCUT2D eigenvalue weighted by Crippen LogP contribution is -2.33. The topological polar surface area (TPSA) is 90.9 Å². The Morgan fingerprint density at radius 2 is 2.50 bits per heavy atom. The van der Waals surface area contributed by atoms with E-state index in [4.69, 9.17) is 5.11 Å². The Bertz CT molecular complexity index is 291. The molecule has 1 aromatic heterocycles. The number of hydrogen-bond donors (Lipinski definition) is 3. The number of H-pyrrole nitrogens is 1. The van der Waals surface area contributed by atoms with Crippen LogP contribution in [0.1, 0.15) is 18.5 Å². The molecule has 0 atom stereocenters. The third-order valence-corrected chi connectivity index (χ3v) is 2.00. The molecule has 0 spiro atoms. The van der Waals surface area contributed by atoms with Crippen molar-refractivity contribution >= 4 is 6.09 Å². The lowest BCUT2D eigenvalue weighted by atomic mass is 10.2. The lowest BCUT2D eigenvalue weighted by Gasteiger charge is -2.10. The van der Waals surface area contributed by atoms with Gasteiger partial charge in [-0.05, 0) is 12.8 Å². The molecule has 6 nitrogen and oxygen atoms in total. The molecule has 1 heterocycles. The summed E-state index contributed by atoms with van der Waals surface area (Å²) in [6, 6.07) is 0. The van der Waals surface area contributed by atoms with Crippen LogP contribution < -0.4 is 5.32 Å². The highest BCUT2D eigenvalue weighted by Crippen LogP contribution is 2.43. The summed E-state index contributed by atoms with van der Waals surface area (Å²) in [5.41, 5.74) is 0.212. The second-order valence-corrected chi connectivity index (χ2v) is 2.87. The first-order valence-electron chi connectivity index (χ1n) is 3.61. The Labute approximate surface area is 68.0 Å². The summed E-state index contributed by atoms with van der Waals surface area (Å²) in [4.78, 5) is 10.4. The van der Waals surface area contributed by atoms with E-state index in [0.29, 0.717) is 5.69 Å². The molecule has 0 aliphatic heterocycles. The average Bonchev–Trinajstić information content (AvgIpc) is 2.61. The van der Waals surface area contributed by atoms with E-state index in [9.17, 15) is 4.79 Å². The number of nitrogens with one attached hydrogen (secondary N) is 2. The predicted molar refractivity (Wildman–Crippen MR) is 38.5 cm³/mol. The van der Waals surface area contributed by atoms with Crippen LogP contribution >= 0.6 is 0 Å². The molecule has 3 N–H and O–H groups in total. The summed E-state index contributed by atoms with van der Waals surface area (Å²) < 4.78 is 0. The van der Waals surface area contributed by atoms with Crippen LogP contribution in [0, 0.1) is 0 Å². The molecule has 1 saturated carbocycles. The highest BCUT2D eigenvalue weighted by molar-refractivity contribution is 5.66. The largest absolute Gasteiger partial charge is 0.465 e. The SMILES string of the molecule is O=C(O)NC1(c2c[nH]nn2)CC1. The first-order chi connectivity index (χ1) is 5.73. The van der Waals surface area contributed by atoms with Crippen LogP contribution in [0.4, 0.5) is 4.79 Å². The maximum absolute atomic E-state index is 10.4. The van der Waals surface area contributed by atoms with Crippen LogP contribution in [0.15, 0.2) is 6.20 Å². The van der Waals surface area contributed by atoms with Crippen molar-refractivity contribution in [2.75, 3.05) is 0 Å². The van der Waals surface area contributed by atoms with E-state index in [2.05, 4.69) is 20.7 Å². The molecule has 0 unspecified atom stereocenters. The molecule has 12 heavy (non-hydrogen) atoms. The number of rotatable bonds is 2. The molecule has 0 radical (unpaired) electrons. The third kappa shape index (κ3) is 1.01. The van der Waals surface area contributed by atoms with Crippen molar-refractivity contribution in [1.29, 1.82) is 0 Å². The summed E-state index contributed by atoms with van der Waals surface area (Å²) in [6.07, 6.45) is 2.19. The van der Waals surface area contributed by atoms with Gasteiger partial charge in [-0.3, -0.25) is 5.10 Å². The summed E-state index contributed by atoms with van der Waals surface area (Å²) >= 11 is 0. The molecule has 1 amide bonds. The van der Waals surface area contributed by atoms with Crippen LogP contribution in [0.5, 0.6) is 0 Å². The fourth-order valence-electron chi connectivity index (χ4n) is 1.21. The van der Waals surface area contributed by atoms with E-state index in [1.165, 1.54) is 0 Å². The van der Waals surface area contributed by atoms with Gasteiger partial charge in [0.1, 0.15) is 5.69 Å². The highest BCUT2D eigenvalue weighted by Gasteiger charge is 2.48. The van der Waals surface area contributed by atoms with Crippen LogP contribution in [0.2, 0.25) is 0 Å². The van der Waals surface area contributed by atoms with Crippen LogP contribution in [-0.2, 0) is 5.54 Å². The molecule has 1 aliphatic rings. The number of aromatic nitrogens is 3. The van der Waals surface area contributed by atoms with Crippen molar-refractivity contribution in [3.05, 3.63) is 11.9 Å². The Kier molecular flexibility index (Phi) is 1.30. The minimum atomic E-state index is -1.02. The smallest absolute Gasteiger partial charge is 0.405 e. The summed E-state index contributed by atoms with van der Waals surface area (Å²) in [7, 11) is 0. The number of carbonyl (C=O) groups is 1. The quantitative estimate of drug-likeness (QED) is 0.582. The Balaban J connectivity index is 2.17. The monoisotopic (exact) mass is 168 g/mol. The standard InChI is InChI=1S/C6H8N4O2/c11-5(12)8-6(1-2-6)4-3-7-10-9-4/h3,8H,1-2H2,(H,11,12)(H,7,9,10). The van der Waals surface area contributed by atoms with Crippen molar-refractivity contribution < 1.29 is 9.90 Å². The molecule has 1 aromatic rings. The van der Waals surface area contributed by atoms with Crippen molar-refractivity contribution in [3.8, 4) is 0 Å². The second-order valence-electron chi connectivity index (χ2n) is 2.87. The Morgan fingerprint density at radius 3 is 2.92 bits per heavy atom. The molecule has 1 fully saturated rings. The first-order valence-corrected chi connectivity index (χ1v) is 3.61. The maximum atomic E-state index is 10.4. The number of carboxylic acid groups (broad SMARTS) is 1. The minimum absolute atomic E-state index is 0.459. The molecular weight excluding hydrogens is 160 g/mol. The van der Waals surface area contributed by atoms with E-state index in [0.717, 1.165) is 12.8 Å². The first kappa shape index (κ1) is 7.08. The Hall–Kier alpha value is -1.59. The van der Waals surface area contributed by atoms with Crippen LogP contribution in [0.3, 0.4) is 0 Å². The van der Waals surface area contributed by atoms with Gasteiger partial charge in [-0.25, -0.2) is 4.79 Å². The van der Waals surface area contributed by atoms with Gasteiger partial charge in [0.25, 0.3) is 0 Å². The molecule has 0 saturated heterocycles. The number of aromatic amines is 1. The van der Waals surface area contributed by atoms with E-state index in [1.54, 1.807) is 6.20 Å². The van der Waals surface area contributed by atoms with E-state index < -0.39 is 11.6 Å². The predicted octanol–water partition coefficient (Wildman–Crippen LogP) is 0.0614. The number of nitrogens with zero attached hydrogens (tertiary/aromatic N) is 2. The van der Waals surface area contributed by atoms with Crippen LogP contribution in [-0.4, -0.2) is 26.6 Å².